The van der Waals surface area contributed by atoms with Gasteiger partial charge in [0.05, 0.1) is 12.7 Å². The fraction of sp³-hybridized carbons (Fsp3) is 0.600. The van der Waals surface area contributed by atoms with Gasteiger partial charge >= 0.3 is 0 Å². The third kappa shape index (κ3) is 7.57. The standard InChI is InChI=1S/C15H25NO2S/c1-3-4-8-18-11-14(17)12-19-15-7-5-6-13(9-15)10-16-2/h5-7,9,14,16-17H,3-4,8,10-12H2,1-2H3. The van der Waals surface area contributed by atoms with Gasteiger partial charge in [-0.1, -0.05) is 25.5 Å². The van der Waals surface area contributed by atoms with Gasteiger partial charge in [0, 0.05) is 23.8 Å². The molecule has 0 bridgehead atoms. The van der Waals surface area contributed by atoms with E-state index in [4.69, 9.17) is 4.74 Å². The highest BCUT2D eigenvalue weighted by Gasteiger charge is 2.05. The maximum atomic E-state index is 9.82. The number of benzene rings is 1. The lowest BCUT2D eigenvalue weighted by Crippen LogP contribution is -2.18. The summed E-state index contributed by atoms with van der Waals surface area (Å²) >= 11 is 1.67. The highest BCUT2D eigenvalue weighted by Crippen LogP contribution is 2.20. The molecule has 19 heavy (non-hydrogen) atoms. The molecule has 0 saturated heterocycles. The van der Waals surface area contributed by atoms with Crippen LogP contribution in [0, 0.1) is 0 Å². The van der Waals surface area contributed by atoms with Gasteiger partial charge in [0.15, 0.2) is 0 Å². The molecule has 0 aliphatic carbocycles. The number of nitrogens with one attached hydrogen (secondary N) is 1. The van der Waals surface area contributed by atoms with Crippen LogP contribution < -0.4 is 5.32 Å². The SMILES string of the molecule is CCCCOCC(O)CSc1cccc(CNC)c1. The van der Waals surface area contributed by atoms with E-state index < -0.39 is 6.10 Å². The lowest BCUT2D eigenvalue weighted by molar-refractivity contribution is 0.0473. The van der Waals surface area contributed by atoms with Gasteiger partial charge in [-0.25, -0.2) is 0 Å². The number of aliphatic hydroxyl groups is 1. The van der Waals surface area contributed by atoms with E-state index in [2.05, 4.69) is 36.5 Å². The molecule has 0 radical (unpaired) electrons. The number of aliphatic hydroxyl groups excluding tert-OH is 1. The van der Waals surface area contributed by atoms with E-state index in [1.807, 2.05) is 7.05 Å². The van der Waals surface area contributed by atoms with E-state index in [0.717, 1.165) is 26.0 Å². The summed E-state index contributed by atoms with van der Waals surface area (Å²) in [5.41, 5.74) is 1.26. The molecule has 0 amide bonds. The van der Waals surface area contributed by atoms with Crippen LogP contribution in [-0.4, -0.2) is 37.2 Å². The quantitative estimate of drug-likeness (QED) is 0.512. The Labute approximate surface area is 120 Å². The summed E-state index contributed by atoms with van der Waals surface area (Å²) in [4.78, 5) is 1.19. The van der Waals surface area contributed by atoms with Crippen LogP contribution >= 0.6 is 11.8 Å². The summed E-state index contributed by atoms with van der Waals surface area (Å²) in [5.74, 6) is 0.676. The van der Waals surface area contributed by atoms with Gasteiger partial charge in [0.1, 0.15) is 0 Å². The van der Waals surface area contributed by atoms with Gasteiger partial charge in [-0.3, -0.25) is 0 Å². The number of hydrogen-bond donors (Lipinski definition) is 2. The Morgan fingerprint density at radius 2 is 2.26 bits per heavy atom. The highest BCUT2D eigenvalue weighted by molar-refractivity contribution is 7.99. The molecule has 0 heterocycles. The number of rotatable bonds is 10. The molecular weight excluding hydrogens is 258 g/mol. The van der Waals surface area contributed by atoms with E-state index in [-0.39, 0.29) is 0 Å². The fourth-order valence-corrected chi connectivity index (χ4v) is 2.55. The molecule has 0 aliphatic rings. The maximum absolute atomic E-state index is 9.82. The van der Waals surface area contributed by atoms with Gasteiger partial charge in [-0.15, -0.1) is 11.8 Å². The predicted octanol–water partition coefficient (Wildman–Crippen LogP) is 2.68. The second kappa shape index (κ2) is 10.3. The van der Waals surface area contributed by atoms with Gasteiger partial charge in [-0.2, -0.15) is 0 Å². The predicted molar refractivity (Wildman–Crippen MR) is 81.7 cm³/mol. The Kier molecular flexibility index (Phi) is 8.91. The van der Waals surface area contributed by atoms with Crippen molar-refractivity contribution < 1.29 is 9.84 Å². The van der Waals surface area contributed by atoms with Crippen LogP contribution in [0.1, 0.15) is 25.3 Å². The Morgan fingerprint density at radius 3 is 3.00 bits per heavy atom. The van der Waals surface area contributed by atoms with Crippen LogP contribution in [0.5, 0.6) is 0 Å². The number of unbranched alkanes of at least 4 members (excludes halogenated alkanes) is 1. The first-order valence-corrected chi connectivity index (χ1v) is 7.87. The molecule has 1 atom stereocenters. The Balaban J connectivity index is 2.25. The average molecular weight is 283 g/mol. The van der Waals surface area contributed by atoms with Crippen LogP contribution in [0.15, 0.2) is 29.2 Å². The first-order chi connectivity index (χ1) is 9.26. The second-order valence-corrected chi connectivity index (χ2v) is 5.66. The van der Waals surface area contributed by atoms with E-state index in [1.165, 1.54) is 10.5 Å². The zero-order valence-electron chi connectivity index (χ0n) is 11.9. The number of thioether (sulfide) groups is 1. The Morgan fingerprint density at radius 1 is 1.42 bits per heavy atom. The highest BCUT2D eigenvalue weighted by atomic mass is 32.2. The molecular formula is C15H25NO2S. The Bertz CT molecular complexity index is 347. The van der Waals surface area contributed by atoms with Crippen molar-refractivity contribution in [2.75, 3.05) is 26.0 Å². The fourth-order valence-electron chi connectivity index (χ4n) is 1.66. The van der Waals surface area contributed by atoms with Gasteiger partial charge in [0.2, 0.25) is 0 Å². The van der Waals surface area contributed by atoms with Crippen molar-refractivity contribution >= 4 is 11.8 Å². The molecule has 4 heteroatoms. The minimum Gasteiger partial charge on any atom is -0.390 e. The summed E-state index contributed by atoms with van der Waals surface area (Å²) in [6.45, 7) is 4.18. The number of ether oxygens (including phenoxy) is 1. The summed E-state index contributed by atoms with van der Waals surface area (Å²) in [6.07, 6.45) is 1.80. The zero-order chi connectivity index (χ0) is 13.9. The van der Waals surface area contributed by atoms with E-state index in [1.54, 1.807) is 11.8 Å². The molecule has 1 unspecified atom stereocenters. The molecule has 3 nitrogen and oxygen atoms in total. The van der Waals surface area contributed by atoms with Crippen molar-refractivity contribution in [1.82, 2.24) is 5.32 Å². The van der Waals surface area contributed by atoms with Crippen LogP contribution in [0.4, 0.5) is 0 Å². The molecule has 0 spiro atoms. The molecule has 2 N–H and O–H groups in total. The van der Waals surface area contributed by atoms with Crippen molar-refractivity contribution in [2.45, 2.75) is 37.3 Å². The van der Waals surface area contributed by atoms with Crippen LogP contribution in [-0.2, 0) is 11.3 Å². The largest absolute Gasteiger partial charge is 0.390 e. The van der Waals surface area contributed by atoms with E-state index >= 15 is 0 Å². The van der Waals surface area contributed by atoms with Crippen molar-refractivity contribution in [1.29, 1.82) is 0 Å². The van der Waals surface area contributed by atoms with Crippen molar-refractivity contribution in [3.63, 3.8) is 0 Å². The topological polar surface area (TPSA) is 41.5 Å². The number of hydrogen-bond acceptors (Lipinski definition) is 4. The van der Waals surface area contributed by atoms with Gasteiger partial charge in [-0.05, 0) is 31.2 Å². The van der Waals surface area contributed by atoms with Crippen LogP contribution in [0.3, 0.4) is 0 Å². The molecule has 108 valence electrons. The average Bonchev–Trinajstić information content (AvgIpc) is 2.42. The summed E-state index contributed by atoms with van der Waals surface area (Å²) < 4.78 is 5.41. The molecule has 0 fully saturated rings. The minimum atomic E-state index is -0.394. The first kappa shape index (κ1) is 16.5. The normalized spacial score (nSPS) is 12.6. The summed E-state index contributed by atoms with van der Waals surface area (Å²) in [5, 5.41) is 13.0. The maximum Gasteiger partial charge on any atom is 0.0867 e. The first-order valence-electron chi connectivity index (χ1n) is 6.88. The molecule has 1 aromatic rings. The molecule has 0 aliphatic heterocycles. The molecule has 0 aromatic heterocycles. The minimum absolute atomic E-state index is 0.394. The summed E-state index contributed by atoms with van der Waals surface area (Å²) in [7, 11) is 1.94. The van der Waals surface area contributed by atoms with Crippen molar-refractivity contribution in [3.05, 3.63) is 29.8 Å². The van der Waals surface area contributed by atoms with E-state index in [0.29, 0.717) is 12.4 Å². The lowest BCUT2D eigenvalue weighted by Gasteiger charge is -2.11. The Hall–Kier alpha value is -0.550. The van der Waals surface area contributed by atoms with Gasteiger partial charge in [0.25, 0.3) is 0 Å². The van der Waals surface area contributed by atoms with Crippen LogP contribution in [0.25, 0.3) is 0 Å². The monoisotopic (exact) mass is 283 g/mol. The van der Waals surface area contributed by atoms with Crippen molar-refractivity contribution in [2.24, 2.45) is 0 Å². The smallest absolute Gasteiger partial charge is 0.0867 e. The second-order valence-electron chi connectivity index (χ2n) is 4.57. The zero-order valence-corrected chi connectivity index (χ0v) is 12.7. The van der Waals surface area contributed by atoms with Crippen molar-refractivity contribution in [3.8, 4) is 0 Å². The van der Waals surface area contributed by atoms with E-state index in [9.17, 15) is 5.11 Å². The summed E-state index contributed by atoms with van der Waals surface area (Å²) in [6, 6.07) is 8.39. The molecule has 1 aromatic carbocycles. The third-order valence-electron chi connectivity index (χ3n) is 2.67. The lowest BCUT2D eigenvalue weighted by atomic mass is 10.2. The molecule has 1 rings (SSSR count). The molecule has 0 saturated carbocycles. The van der Waals surface area contributed by atoms with Crippen LogP contribution in [0.2, 0.25) is 0 Å². The van der Waals surface area contributed by atoms with Gasteiger partial charge < -0.3 is 15.2 Å². The third-order valence-corrected chi connectivity index (χ3v) is 3.81.